The van der Waals surface area contributed by atoms with Crippen molar-refractivity contribution in [1.82, 2.24) is 10.2 Å². The van der Waals surface area contributed by atoms with Gasteiger partial charge in [-0.25, -0.2) is 0 Å². The Morgan fingerprint density at radius 1 is 1.35 bits per heavy atom. The van der Waals surface area contributed by atoms with Crippen LogP contribution in [0.4, 0.5) is 0 Å². The summed E-state index contributed by atoms with van der Waals surface area (Å²) in [5.41, 5.74) is 2.50. The molecule has 0 saturated carbocycles. The number of likely N-dealkylation sites (tertiary alicyclic amines) is 1. The monoisotopic (exact) mass is 278 g/mol. The van der Waals surface area contributed by atoms with Gasteiger partial charge in [0, 0.05) is 24.7 Å². The molecular weight excluding hydrogens is 252 g/mol. The number of methoxy groups -OCH3 is 1. The molecule has 1 saturated heterocycles. The minimum Gasteiger partial charge on any atom is -0.496 e. The van der Waals surface area contributed by atoms with E-state index >= 15 is 0 Å². The van der Waals surface area contributed by atoms with E-state index in [1.165, 1.54) is 37.1 Å². The first-order valence-corrected chi connectivity index (χ1v) is 7.48. The number of aliphatic hydroxyl groups is 1. The second-order valence-corrected chi connectivity index (χ2v) is 5.45. The summed E-state index contributed by atoms with van der Waals surface area (Å²) in [5.74, 6) is 0.968. The number of rotatable bonds is 7. The zero-order valence-corrected chi connectivity index (χ0v) is 12.6. The summed E-state index contributed by atoms with van der Waals surface area (Å²) < 4.78 is 5.48. The molecule has 20 heavy (non-hydrogen) atoms. The van der Waals surface area contributed by atoms with E-state index in [1.54, 1.807) is 7.11 Å². The van der Waals surface area contributed by atoms with Gasteiger partial charge in [0.2, 0.25) is 0 Å². The number of ether oxygens (including phenoxy) is 1. The van der Waals surface area contributed by atoms with Crippen LogP contribution in [-0.4, -0.2) is 43.4 Å². The predicted molar refractivity (Wildman–Crippen MR) is 81.0 cm³/mol. The summed E-state index contributed by atoms with van der Waals surface area (Å²) >= 11 is 0. The zero-order chi connectivity index (χ0) is 14.4. The number of hydrogen-bond donors (Lipinski definition) is 2. The molecule has 0 aliphatic carbocycles. The van der Waals surface area contributed by atoms with Crippen molar-refractivity contribution in [1.29, 1.82) is 0 Å². The molecular formula is C16H26N2O2. The fourth-order valence-corrected chi connectivity index (χ4v) is 2.77. The van der Waals surface area contributed by atoms with Gasteiger partial charge in [-0.05, 0) is 50.6 Å². The second-order valence-electron chi connectivity index (χ2n) is 5.45. The van der Waals surface area contributed by atoms with Gasteiger partial charge in [-0.2, -0.15) is 0 Å². The quantitative estimate of drug-likeness (QED) is 0.800. The Balaban J connectivity index is 2.10. The lowest BCUT2D eigenvalue weighted by atomic mass is 10.0. The highest BCUT2D eigenvalue weighted by atomic mass is 16.5. The SMILES string of the molecule is COc1ccc(C(C)NCCO)cc1CN1CCCC1. The first-order chi connectivity index (χ1) is 9.74. The van der Waals surface area contributed by atoms with Gasteiger partial charge < -0.3 is 15.2 Å². The molecule has 112 valence electrons. The smallest absolute Gasteiger partial charge is 0.123 e. The molecule has 1 aromatic rings. The minimum atomic E-state index is 0.168. The van der Waals surface area contributed by atoms with E-state index < -0.39 is 0 Å². The fraction of sp³-hybridized carbons (Fsp3) is 0.625. The van der Waals surface area contributed by atoms with Gasteiger partial charge in [-0.3, -0.25) is 4.90 Å². The van der Waals surface area contributed by atoms with Crippen LogP contribution in [0.25, 0.3) is 0 Å². The molecule has 2 N–H and O–H groups in total. The molecule has 0 radical (unpaired) electrons. The molecule has 4 nitrogen and oxygen atoms in total. The molecule has 1 unspecified atom stereocenters. The average molecular weight is 278 g/mol. The summed E-state index contributed by atoms with van der Waals surface area (Å²) in [7, 11) is 1.73. The van der Waals surface area contributed by atoms with Crippen molar-refractivity contribution >= 4 is 0 Å². The molecule has 2 rings (SSSR count). The summed E-state index contributed by atoms with van der Waals surface area (Å²) in [6.07, 6.45) is 2.60. The van der Waals surface area contributed by atoms with Crippen molar-refractivity contribution in [2.45, 2.75) is 32.4 Å². The van der Waals surface area contributed by atoms with Crippen molar-refractivity contribution < 1.29 is 9.84 Å². The van der Waals surface area contributed by atoms with Gasteiger partial charge in [0.15, 0.2) is 0 Å². The van der Waals surface area contributed by atoms with Crippen molar-refractivity contribution in [3.8, 4) is 5.75 Å². The Kier molecular flexibility index (Phi) is 5.83. The van der Waals surface area contributed by atoms with Gasteiger partial charge >= 0.3 is 0 Å². The van der Waals surface area contributed by atoms with Crippen molar-refractivity contribution in [3.05, 3.63) is 29.3 Å². The van der Waals surface area contributed by atoms with E-state index in [2.05, 4.69) is 35.3 Å². The Bertz CT molecular complexity index is 417. The zero-order valence-electron chi connectivity index (χ0n) is 12.6. The molecule has 1 aliphatic heterocycles. The lowest BCUT2D eigenvalue weighted by Crippen LogP contribution is -2.23. The van der Waals surface area contributed by atoms with E-state index in [9.17, 15) is 0 Å². The van der Waals surface area contributed by atoms with E-state index in [0.717, 1.165) is 12.3 Å². The van der Waals surface area contributed by atoms with Crippen LogP contribution in [0, 0.1) is 0 Å². The largest absolute Gasteiger partial charge is 0.496 e. The van der Waals surface area contributed by atoms with E-state index in [4.69, 9.17) is 9.84 Å². The van der Waals surface area contributed by atoms with Crippen LogP contribution in [0.2, 0.25) is 0 Å². The number of aliphatic hydroxyl groups excluding tert-OH is 1. The van der Waals surface area contributed by atoms with Gasteiger partial charge in [0.1, 0.15) is 5.75 Å². The molecule has 1 fully saturated rings. The summed E-state index contributed by atoms with van der Waals surface area (Å²) in [6, 6.07) is 6.62. The van der Waals surface area contributed by atoms with Crippen molar-refractivity contribution in [2.75, 3.05) is 33.4 Å². The Morgan fingerprint density at radius 3 is 2.75 bits per heavy atom. The average Bonchev–Trinajstić information content (AvgIpc) is 2.97. The normalized spacial score (nSPS) is 17.4. The molecule has 0 aromatic heterocycles. The summed E-state index contributed by atoms with van der Waals surface area (Å²) in [5, 5.41) is 12.2. The van der Waals surface area contributed by atoms with Crippen LogP contribution in [0.5, 0.6) is 5.75 Å². The van der Waals surface area contributed by atoms with Gasteiger partial charge in [-0.1, -0.05) is 6.07 Å². The maximum Gasteiger partial charge on any atom is 0.123 e. The van der Waals surface area contributed by atoms with E-state index in [-0.39, 0.29) is 12.6 Å². The highest BCUT2D eigenvalue weighted by Crippen LogP contribution is 2.25. The highest BCUT2D eigenvalue weighted by molar-refractivity contribution is 5.38. The maximum atomic E-state index is 8.90. The van der Waals surface area contributed by atoms with Crippen LogP contribution in [-0.2, 0) is 6.54 Å². The van der Waals surface area contributed by atoms with Crippen LogP contribution in [0.15, 0.2) is 18.2 Å². The van der Waals surface area contributed by atoms with Crippen LogP contribution < -0.4 is 10.1 Å². The van der Waals surface area contributed by atoms with Crippen LogP contribution in [0.1, 0.15) is 36.9 Å². The third-order valence-corrected chi connectivity index (χ3v) is 3.96. The first-order valence-electron chi connectivity index (χ1n) is 7.48. The molecule has 4 heteroatoms. The molecule has 0 spiro atoms. The third kappa shape index (κ3) is 3.95. The molecule has 0 bridgehead atoms. The second kappa shape index (κ2) is 7.62. The number of nitrogens with zero attached hydrogens (tertiary/aromatic N) is 1. The van der Waals surface area contributed by atoms with Crippen LogP contribution in [0.3, 0.4) is 0 Å². The molecule has 1 aromatic carbocycles. The van der Waals surface area contributed by atoms with Gasteiger partial charge in [-0.15, -0.1) is 0 Å². The van der Waals surface area contributed by atoms with Gasteiger partial charge in [0.25, 0.3) is 0 Å². The third-order valence-electron chi connectivity index (χ3n) is 3.96. The number of hydrogen-bond acceptors (Lipinski definition) is 4. The minimum absolute atomic E-state index is 0.168. The Hall–Kier alpha value is -1.10. The maximum absolute atomic E-state index is 8.90. The number of nitrogens with one attached hydrogen (secondary N) is 1. The van der Waals surface area contributed by atoms with Crippen LogP contribution >= 0.6 is 0 Å². The van der Waals surface area contributed by atoms with Gasteiger partial charge in [0.05, 0.1) is 13.7 Å². The first kappa shape index (κ1) is 15.3. The summed E-state index contributed by atoms with van der Waals surface area (Å²) in [4.78, 5) is 2.48. The predicted octanol–water partition coefficient (Wildman–Crippen LogP) is 1.93. The molecule has 1 heterocycles. The summed E-state index contributed by atoms with van der Waals surface area (Å²) in [6.45, 7) is 6.24. The molecule has 0 amide bonds. The topological polar surface area (TPSA) is 44.7 Å². The van der Waals surface area contributed by atoms with Crippen molar-refractivity contribution in [3.63, 3.8) is 0 Å². The lowest BCUT2D eigenvalue weighted by molar-refractivity contribution is 0.286. The Labute approximate surface area is 121 Å². The number of benzene rings is 1. The standard InChI is InChI=1S/C16H26N2O2/c1-13(17-7-10-19)14-5-6-16(20-2)15(11-14)12-18-8-3-4-9-18/h5-6,11,13,17,19H,3-4,7-10,12H2,1-2H3. The lowest BCUT2D eigenvalue weighted by Gasteiger charge is -2.20. The van der Waals surface area contributed by atoms with Crippen molar-refractivity contribution in [2.24, 2.45) is 0 Å². The highest BCUT2D eigenvalue weighted by Gasteiger charge is 2.15. The Morgan fingerprint density at radius 2 is 2.10 bits per heavy atom. The molecule has 1 atom stereocenters. The molecule has 1 aliphatic rings. The van der Waals surface area contributed by atoms with E-state index in [1.807, 2.05) is 0 Å². The fourth-order valence-electron chi connectivity index (χ4n) is 2.77. The van der Waals surface area contributed by atoms with E-state index in [0.29, 0.717) is 6.54 Å².